The van der Waals surface area contributed by atoms with Crippen molar-refractivity contribution in [2.75, 3.05) is 11.5 Å². The van der Waals surface area contributed by atoms with Crippen LogP contribution in [0.3, 0.4) is 0 Å². The number of sulfone groups is 1. The van der Waals surface area contributed by atoms with E-state index >= 15 is 0 Å². The first-order valence-corrected chi connectivity index (χ1v) is 8.25. The largest absolute Gasteiger partial charge is 0.326 e. The molecule has 1 aliphatic rings. The molecule has 0 bridgehead atoms. The van der Waals surface area contributed by atoms with Crippen molar-refractivity contribution >= 4 is 15.5 Å². The van der Waals surface area contributed by atoms with E-state index in [1.165, 1.54) is 0 Å². The second-order valence-electron chi connectivity index (χ2n) is 5.21. The van der Waals surface area contributed by atoms with E-state index in [1.807, 2.05) is 28.9 Å². The van der Waals surface area contributed by atoms with Gasteiger partial charge in [-0.3, -0.25) is 0 Å². The maximum atomic E-state index is 11.4. The minimum absolute atomic E-state index is 0.212. The number of imidazole rings is 1. The van der Waals surface area contributed by atoms with E-state index in [0.717, 1.165) is 29.7 Å². The summed E-state index contributed by atoms with van der Waals surface area (Å²) in [6.07, 6.45) is 5.41. The Bertz CT molecular complexity index is 706. The predicted octanol–water partition coefficient (Wildman–Crippen LogP) is 0.770. The summed E-state index contributed by atoms with van der Waals surface area (Å²) in [5, 5.41) is 0. The van der Waals surface area contributed by atoms with Gasteiger partial charge in [-0.05, 0) is 36.5 Å². The average molecular weight is 279 g/mol. The molecule has 1 fully saturated rings. The Morgan fingerprint density at radius 3 is 3.00 bits per heavy atom. The third kappa shape index (κ3) is 2.64. The molecule has 1 saturated heterocycles. The summed E-state index contributed by atoms with van der Waals surface area (Å²) in [4.78, 5) is 4.55. The van der Waals surface area contributed by atoms with E-state index in [2.05, 4.69) is 4.98 Å². The number of fused-ring (bicyclic) bond motifs is 1. The highest BCUT2D eigenvalue weighted by Gasteiger charge is 2.28. The molecular formula is C13H17N3O2S. The number of aromatic nitrogens is 2. The standard InChI is InChI=1S/C13H17N3O2S/c14-7-10-1-3-16-8-12(15-13(16)6-10)5-11-2-4-19(17,18)9-11/h1,3,6,8,11H,2,4-5,7,9,14H2. The summed E-state index contributed by atoms with van der Waals surface area (Å²) in [6, 6.07) is 3.94. The van der Waals surface area contributed by atoms with Crippen molar-refractivity contribution in [3.8, 4) is 0 Å². The number of hydrogen-bond acceptors (Lipinski definition) is 4. The number of hydrogen-bond donors (Lipinski definition) is 1. The molecule has 0 amide bonds. The molecule has 3 heterocycles. The van der Waals surface area contributed by atoms with Gasteiger partial charge < -0.3 is 10.1 Å². The highest BCUT2D eigenvalue weighted by Crippen LogP contribution is 2.22. The highest BCUT2D eigenvalue weighted by molar-refractivity contribution is 7.91. The van der Waals surface area contributed by atoms with Crippen molar-refractivity contribution in [2.45, 2.75) is 19.4 Å². The lowest BCUT2D eigenvalue weighted by Gasteiger charge is -2.03. The van der Waals surface area contributed by atoms with E-state index in [-0.39, 0.29) is 5.92 Å². The summed E-state index contributed by atoms with van der Waals surface area (Å²) in [5.74, 6) is 0.834. The molecule has 1 unspecified atom stereocenters. The normalized spacial score (nSPS) is 22.1. The minimum Gasteiger partial charge on any atom is -0.326 e. The van der Waals surface area contributed by atoms with Crippen LogP contribution in [0.2, 0.25) is 0 Å². The van der Waals surface area contributed by atoms with Crippen LogP contribution in [-0.4, -0.2) is 29.3 Å². The van der Waals surface area contributed by atoms with Crippen LogP contribution in [0.1, 0.15) is 17.7 Å². The second kappa shape index (κ2) is 4.61. The maximum Gasteiger partial charge on any atom is 0.150 e. The first-order valence-electron chi connectivity index (χ1n) is 6.43. The monoisotopic (exact) mass is 279 g/mol. The summed E-state index contributed by atoms with van der Waals surface area (Å²) in [5.41, 5.74) is 8.48. The van der Waals surface area contributed by atoms with Crippen LogP contribution in [0.15, 0.2) is 24.5 Å². The zero-order valence-corrected chi connectivity index (χ0v) is 11.4. The van der Waals surface area contributed by atoms with Gasteiger partial charge in [-0.1, -0.05) is 0 Å². The third-order valence-corrected chi connectivity index (χ3v) is 5.47. The molecule has 3 rings (SSSR count). The van der Waals surface area contributed by atoms with Crippen LogP contribution < -0.4 is 5.73 Å². The molecular weight excluding hydrogens is 262 g/mol. The van der Waals surface area contributed by atoms with E-state index in [4.69, 9.17) is 5.73 Å². The van der Waals surface area contributed by atoms with Crippen LogP contribution in [0.25, 0.3) is 5.65 Å². The maximum absolute atomic E-state index is 11.4. The molecule has 2 aromatic heterocycles. The molecule has 0 saturated carbocycles. The molecule has 0 aromatic carbocycles. The van der Waals surface area contributed by atoms with Gasteiger partial charge >= 0.3 is 0 Å². The van der Waals surface area contributed by atoms with Gasteiger partial charge in [-0.2, -0.15) is 0 Å². The Balaban J connectivity index is 1.82. The highest BCUT2D eigenvalue weighted by atomic mass is 32.2. The first kappa shape index (κ1) is 12.6. The van der Waals surface area contributed by atoms with Crippen LogP contribution in [0, 0.1) is 5.92 Å². The smallest absolute Gasteiger partial charge is 0.150 e. The lowest BCUT2D eigenvalue weighted by molar-refractivity contribution is 0.578. The van der Waals surface area contributed by atoms with Gasteiger partial charge in [0.2, 0.25) is 0 Å². The van der Waals surface area contributed by atoms with E-state index in [1.54, 1.807) is 0 Å². The molecule has 1 atom stereocenters. The lowest BCUT2D eigenvalue weighted by Crippen LogP contribution is -2.07. The van der Waals surface area contributed by atoms with Crippen molar-refractivity contribution in [3.63, 3.8) is 0 Å². The Morgan fingerprint density at radius 1 is 1.47 bits per heavy atom. The molecule has 2 aromatic rings. The van der Waals surface area contributed by atoms with Gasteiger partial charge in [0.25, 0.3) is 0 Å². The summed E-state index contributed by atoms with van der Waals surface area (Å²) in [6.45, 7) is 0.500. The van der Waals surface area contributed by atoms with E-state index in [9.17, 15) is 8.42 Å². The van der Waals surface area contributed by atoms with Gasteiger partial charge in [0.05, 0.1) is 17.2 Å². The fraction of sp³-hybridized carbons (Fsp3) is 0.462. The van der Waals surface area contributed by atoms with Gasteiger partial charge in [-0.25, -0.2) is 13.4 Å². The van der Waals surface area contributed by atoms with Crippen LogP contribution in [-0.2, 0) is 22.8 Å². The van der Waals surface area contributed by atoms with Crippen molar-refractivity contribution in [1.82, 2.24) is 9.38 Å². The molecule has 5 nitrogen and oxygen atoms in total. The van der Waals surface area contributed by atoms with Crippen molar-refractivity contribution in [1.29, 1.82) is 0 Å². The molecule has 19 heavy (non-hydrogen) atoms. The lowest BCUT2D eigenvalue weighted by atomic mass is 10.0. The molecule has 1 aliphatic heterocycles. The van der Waals surface area contributed by atoms with Gasteiger partial charge in [-0.15, -0.1) is 0 Å². The summed E-state index contributed by atoms with van der Waals surface area (Å²) >= 11 is 0. The zero-order chi connectivity index (χ0) is 13.5. The van der Waals surface area contributed by atoms with E-state index in [0.29, 0.717) is 18.1 Å². The molecule has 0 spiro atoms. The third-order valence-electron chi connectivity index (χ3n) is 3.63. The fourth-order valence-electron chi connectivity index (χ4n) is 2.63. The summed E-state index contributed by atoms with van der Waals surface area (Å²) in [7, 11) is -2.81. The molecule has 2 N–H and O–H groups in total. The zero-order valence-electron chi connectivity index (χ0n) is 10.6. The molecule has 0 aliphatic carbocycles. The SMILES string of the molecule is NCc1ccn2cc(CC3CCS(=O)(=O)C3)nc2c1. The Kier molecular flexibility index (Phi) is 3.06. The minimum atomic E-state index is -2.81. The Morgan fingerprint density at radius 2 is 2.32 bits per heavy atom. The number of nitrogens with two attached hydrogens (primary N) is 1. The number of pyridine rings is 1. The van der Waals surface area contributed by atoms with Gasteiger partial charge in [0.15, 0.2) is 9.84 Å². The van der Waals surface area contributed by atoms with Crippen LogP contribution >= 0.6 is 0 Å². The number of nitrogens with zero attached hydrogens (tertiary/aromatic N) is 2. The summed E-state index contributed by atoms with van der Waals surface area (Å²) < 4.78 is 24.9. The number of rotatable bonds is 3. The molecule has 102 valence electrons. The van der Waals surface area contributed by atoms with Crippen molar-refractivity contribution in [2.24, 2.45) is 11.7 Å². The molecule has 0 radical (unpaired) electrons. The molecule has 6 heteroatoms. The van der Waals surface area contributed by atoms with Crippen LogP contribution in [0.5, 0.6) is 0 Å². The Labute approximate surface area is 112 Å². The van der Waals surface area contributed by atoms with Gasteiger partial charge in [0, 0.05) is 18.9 Å². The van der Waals surface area contributed by atoms with Crippen molar-refractivity contribution in [3.05, 3.63) is 35.8 Å². The topological polar surface area (TPSA) is 77.5 Å². The quantitative estimate of drug-likeness (QED) is 0.900. The average Bonchev–Trinajstić information content (AvgIpc) is 2.91. The van der Waals surface area contributed by atoms with Crippen molar-refractivity contribution < 1.29 is 8.42 Å². The second-order valence-corrected chi connectivity index (χ2v) is 7.44. The van der Waals surface area contributed by atoms with Crippen LogP contribution in [0.4, 0.5) is 0 Å². The van der Waals surface area contributed by atoms with E-state index < -0.39 is 9.84 Å². The first-order chi connectivity index (χ1) is 9.05. The fourth-order valence-corrected chi connectivity index (χ4v) is 4.49. The predicted molar refractivity (Wildman–Crippen MR) is 73.5 cm³/mol. The Hall–Kier alpha value is -1.40. The van der Waals surface area contributed by atoms with Gasteiger partial charge in [0.1, 0.15) is 5.65 Å².